The summed E-state index contributed by atoms with van der Waals surface area (Å²) in [7, 11) is 0. The number of aliphatic hydroxyl groups excluding tert-OH is 8. The van der Waals surface area contributed by atoms with Gasteiger partial charge in [-0.25, -0.2) is 0 Å². The molecule has 36 heavy (non-hydrogen) atoms. The third-order valence-electron chi connectivity index (χ3n) is 6.50. The lowest BCUT2D eigenvalue weighted by Gasteiger charge is -2.42. The second-order valence-electron chi connectivity index (χ2n) is 9.05. The normalized spacial score (nSPS) is 45.4. The Morgan fingerprint density at radius 3 is 1.69 bits per heavy atom. The Bertz CT molecular complexity index is 648. The molecule has 15 nitrogen and oxygen atoms in total. The highest BCUT2D eigenvalue weighted by Crippen LogP contribution is 2.33. The van der Waals surface area contributed by atoms with Crippen LogP contribution in [0.1, 0.15) is 19.3 Å². The fourth-order valence-electron chi connectivity index (χ4n) is 4.39. The summed E-state index contributed by atoms with van der Waals surface area (Å²) in [6, 6.07) is 0. The molecule has 0 aromatic carbocycles. The summed E-state index contributed by atoms with van der Waals surface area (Å²) in [6.07, 6.45) is -15.7. The molecule has 0 spiro atoms. The maximum absolute atomic E-state index is 10.8. The van der Waals surface area contributed by atoms with Crippen LogP contribution in [-0.4, -0.2) is 154 Å². The molecule has 212 valence electrons. The van der Waals surface area contributed by atoms with E-state index in [1.165, 1.54) is 0 Å². The zero-order valence-electron chi connectivity index (χ0n) is 19.8. The van der Waals surface area contributed by atoms with Gasteiger partial charge in [-0.05, 0) is 25.8 Å². The number of ether oxygens (including phenoxy) is 6. The predicted molar refractivity (Wildman–Crippen MR) is 116 cm³/mol. The molecule has 0 bridgehead atoms. The molecule has 10 N–H and O–H groups in total. The van der Waals surface area contributed by atoms with Crippen molar-refractivity contribution in [3.63, 3.8) is 0 Å². The molecule has 3 fully saturated rings. The highest BCUT2D eigenvalue weighted by atomic mass is 16.8. The first-order valence-electron chi connectivity index (χ1n) is 12.1. The summed E-state index contributed by atoms with van der Waals surface area (Å²) in [5.41, 5.74) is 5.46. The van der Waals surface area contributed by atoms with E-state index in [0.29, 0.717) is 13.0 Å². The Labute approximate surface area is 207 Å². The van der Waals surface area contributed by atoms with Crippen LogP contribution in [0.15, 0.2) is 0 Å². The summed E-state index contributed by atoms with van der Waals surface area (Å²) in [5.74, 6) is 0. The van der Waals surface area contributed by atoms with E-state index in [-0.39, 0.29) is 6.61 Å². The number of hydrogen-bond donors (Lipinski definition) is 9. The molecule has 3 aliphatic rings. The van der Waals surface area contributed by atoms with Crippen LogP contribution in [0.2, 0.25) is 0 Å². The van der Waals surface area contributed by atoms with Gasteiger partial charge >= 0.3 is 0 Å². The van der Waals surface area contributed by atoms with E-state index in [0.717, 1.165) is 12.8 Å². The molecule has 0 amide bonds. The van der Waals surface area contributed by atoms with Gasteiger partial charge in [-0.1, -0.05) is 0 Å². The second-order valence-corrected chi connectivity index (χ2v) is 9.05. The molecule has 0 radical (unpaired) electrons. The van der Waals surface area contributed by atoms with Gasteiger partial charge in [0.15, 0.2) is 18.9 Å². The predicted octanol–water partition coefficient (Wildman–Crippen LogP) is -5.14. The van der Waals surface area contributed by atoms with Crippen LogP contribution >= 0.6 is 0 Å². The average molecular weight is 530 g/mol. The standard InChI is InChI=1S/C21H39NO14/c22-4-2-1-3-5-31-19-16(30)18(13(27)10(7-24)32-19)36-21-15(29)17(11(8-25)34-21)35-20-14(28)12(26)9(6-23)33-20/h9-21,23-30H,1-8,22H2/t9-,10+,11-,12-,13-,14+,15+,16+,17-,18-,19+,20-,21-/m0/s1. The number of unbranched alkanes of at least 4 members (excludes halogenated alkanes) is 2. The molecule has 3 saturated heterocycles. The Balaban J connectivity index is 1.64. The van der Waals surface area contributed by atoms with Crippen LogP contribution in [0.5, 0.6) is 0 Å². The molecular weight excluding hydrogens is 490 g/mol. The smallest absolute Gasteiger partial charge is 0.187 e. The van der Waals surface area contributed by atoms with Crippen LogP contribution in [0.3, 0.4) is 0 Å². The maximum atomic E-state index is 10.8. The molecule has 3 aliphatic heterocycles. The number of rotatable bonds is 13. The Hall–Kier alpha value is -0.600. The van der Waals surface area contributed by atoms with E-state index < -0.39 is 99.7 Å². The number of hydrogen-bond acceptors (Lipinski definition) is 15. The minimum absolute atomic E-state index is 0.220. The van der Waals surface area contributed by atoms with Crippen molar-refractivity contribution in [1.82, 2.24) is 0 Å². The SMILES string of the molecule is NCCCCCO[C@@H]1O[C@H](CO)[C@H](O)[C@H](O[C@@H]2O[C@@H](CO)[C@H](O[C@@H]3O[C@@H](CO)[C@H](O)[C@H]3O)[C@H]2O)[C@H]1O. The average Bonchev–Trinajstić information content (AvgIpc) is 3.32. The summed E-state index contributed by atoms with van der Waals surface area (Å²) in [5, 5.41) is 80.7. The molecule has 15 heteroatoms. The third kappa shape index (κ3) is 6.69. The first-order valence-corrected chi connectivity index (χ1v) is 12.1. The highest BCUT2D eigenvalue weighted by molar-refractivity contribution is 4.95. The van der Waals surface area contributed by atoms with Crippen LogP contribution in [0.25, 0.3) is 0 Å². The summed E-state index contributed by atoms with van der Waals surface area (Å²) in [6.45, 7) is -1.07. The van der Waals surface area contributed by atoms with E-state index in [9.17, 15) is 40.9 Å². The van der Waals surface area contributed by atoms with Gasteiger partial charge in [0.2, 0.25) is 0 Å². The van der Waals surface area contributed by atoms with Gasteiger partial charge in [0.1, 0.15) is 61.0 Å². The van der Waals surface area contributed by atoms with Gasteiger partial charge in [0, 0.05) is 6.61 Å². The molecule has 0 saturated carbocycles. The van der Waals surface area contributed by atoms with Crippen LogP contribution in [0.4, 0.5) is 0 Å². The van der Waals surface area contributed by atoms with Crippen molar-refractivity contribution in [1.29, 1.82) is 0 Å². The van der Waals surface area contributed by atoms with Crippen molar-refractivity contribution < 1.29 is 69.3 Å². The topological polar surface area (TPSA) is 243 Å². The Morgan fingerprint density at radius 2 is 1.08 bits per heavy atom. The minimum atomic E-state index is -1.59. The third-order valence-corrected chi connectivity index (χ3v) is 6.50. The van der Waals surface area contributed by atoms with Crippen molar-refractivity contribution in [2.75, 3.05) is 33.0 Å². The van der Waals surface area contributed by atoms with Gasteiger partial charge in [-0.3, -0.25) is 0 Å². The van der Waals surface area contributed by atoms with E-state index in [2.05, 4.69) is 0 Å². The fraction of sp³-hybridized carbons (Fsp3) is 1.00. The maximum Gasteiger partial charge on any atom is 0.187 e. The first-order chi connectivity index (χ1) is 17.3. The lowest BCUT2D eigenvalue weighted by molar-refractivity contribution is -0.330. The van der Waals surface area contributed by atoms with Crippen LogP contribution in [-0.2, 0) is 28.4 Å². The number of aliphatic hydroxyl groups is 8. The van der Waals surface area contributed by atoms with E-state index in [1.54, 1.807) is 0 Å². The van der Waals surface area contributed by atoms with Gasteiger partial charge in [0.05, 0.1) is 19.8 Å². The van der Waals surface area contributed by atoms with Gasteiger partial charge < -0.3 is 75.0 Å². The van der Waals surface area contributed by atoms with Crippen molar-refractivity contribution in [3.8, 4) is 0 Å². The van der Waals surface area contributed by atoms with Gasteiger partial charge in [-0.2, -0.15) is 0 Å². The van der Waals surface area contributed by atoms with Gasteiger partial charge in [0.25, 0.3) is 0 Å². The fourth-order valence-corrected chi connectivity index (χ4v) is 4.39. The monoisotopic (exact) mass is 529 g/mol. The van der Waals surface area contributed by atoms with Crippen molar-refractivity contribution in [2.45, 2.75) is 99.2 Å². The van der Waals surface area contributed by atoms with E-state index in [1.807, 2.05) is 0 Å². The molecule has 3 heterocycles. The molecule has 0 unspecified atom stereocenters. The number of nitrogens with two attached hydrogens (primary N) is 1. The first kappa shape index (κ1) is 29.9. The molecule has 0 aromatic rings. The minimum Gasteiger partial charge on any atom is -0.394 e. The zero-order valence-corrected chi connectivity index (χ0v) is 19.8. The zero-order chi connectivity index (χ0) is 26.4. The molecule has 0 aromatic heterocycles. The lowest BCUT2D eigenvalue weighted by Crippen LogP contribution is -2.61. The summed E-state index contributed by atoms with van der Waals surface area (Å²) >= 11 is 0. The molecule has 13 atom stereocenters. The van der Waals surface area contributed by atoms with E-state index >= 15 is 0 Å². The van der Waals surface area contributed by atoms with Crippen molar-refractivity contribution in [2.24, 2.45) is 5.73 Å². The van der Waals surface area contributed by atoms with Crippen molar-refractivity contribution >= 4 is 0 Å². The lowest BCUT2D eigenvalue weighted by atomic mass is 9.98. The highest BCUT2D eigenvalue weighted by Gasteiger charge is 2.53. The van der Waals surface area contributed by atoms with E-state index in [4.69, 9.17) is 34.2 Å². The van der Waals surface area contributed by atoms with Gasteiger partial charge in [-0.15, -0.1) is 0 Å². The quantitative estimate of drug-likeness (QED) is 0.101. The van der Waals surface area contributed by atoms with Crippen LogP contribution < -0.4 is 5.73 Å². The summed E-state index contributed by atoms with van der Waals surface area (Å²) < 4.78 is 33.0. The molecule has 0 aliphatic carbocycles. The largest absolute Gasteiger partial charge is 0.394 e. The second kappa shape index (κ2) is 14.0. The Morgan fingerprint density at radius 1 is 0.556 bits per heavy atom. The molecule has 3 rings (SSSR count). The Kier molecular flexibility index (Phi) is 11.6. The van der Waals surface area contributed by atoms with Crippen LogP contribution in [0, 0.1) is 0 Å². The molecular formula is C21H39NO14. The summed E-state index contributed by atoms with van der Waals surface area (Å²) in [4.78, 5) is 0. The van der Waals surface area contributed by atoms with Crippen molar-refractivity contribution in [3.05, 3.63) is 0 Å².